The van der Waals surface area contributed by atoms with Gasteiger partial charge in [0.05, 0.1) is 16.6 Å². The normalized spacial score (nSPS) is 19.0. The van der Waals surface area contributed by atoms with E-state index in [1.807, 2.05) is 0 Å². The second kappa shape index (κ2) is 9.73. The minimum Gasteiger partial charge on any atom is -0.308 e. The molecule has 0 radical (unpaired) electrons. The molecular weight excluding hydrogens is 623 g/mol. The first kappa shape index (κ1) is 28.4. The third-order valence-electron chi connectivity index (χ3n) is 13.8. The van der Waals surface area contributed by atoms with Gasteiger partial charge in [0.1, 0.15) is 0 Å². The van der Waals surface area contributed by atoms with Crippen molar-refractivity contribution in [2.24, 2.45) is 10.8 Å². The van der Waals surface area contributed by atoms with Crippen LogP contribution in [0.4, 0.5) is 0 Å². The van der Waals surface area contributed by atoms with Crippen LogP contribution in [0.25, 0.3) is 71.1 Å². The Morgan fingerprint density at radius 3 is 1.61 bits per heavy atom. The Bertz CT molecular complexity index is 2710. The van der Waals surface area contributed by atoms with Crippen LogP contribution in [0.15, 0.2) is 103 Å². The maximum atomic E-state index is 14.2. The van der Waals surface area contributed by atoms with Gasteiger partial charge in [-0.25, -0.2) is 0 Å². The van der Waals surface area contributed by atoms with Crippen LogP contribution < -0.4 is 0 Å². The molecule has 3 nitrogen and oxygen atoms in total. The molecule has 3 heteroatoms. The van der Waals surface area contributed by atoms with Crippen molar-refractivity contribution in [2.45, 2.75) is 64.2 Å². The lowest BCUT2D eigenvalue weighted by atomic mass is 9.82. The van der Waals surface area contributed by atoms with Crippen LogP contribution in [-0.4, -0.2) is 16.0 Å². The van der Waals surface area contributed by atoms with E-state index in [0.717, 1.165) is 86.4 Å². The third-order valence-corrected chi connectivity index (χ3v) is 13.8. The van der Waals surface area contributed by atoms with E-state index in [4.69, 9.17) is 0 Å². The van der Waals surface area contributed by atoms with Gasteiger partial charge in [-0.3, -0.25) is 9.59 Å². The number of fused-ring (bicyclic) bond motifs is 9. The summed E-state index contributed by atoms with van der Waals surface area (Å²) in [4.78, 5) is 28.3. The van der Waals surface area contributed by atoms with Crippen LogP contribution in [0.1, 0.15) is 83.2 Å². The van der Waals surface area contributed by atoms with E-state index >= 15 is 0 Å². The van der Waals surface area contributed by atoms with Crippen LogP contribution in [-0.2, 0) is 12.8 Å². The standard InChI is InChI=1S/C48H37NO2/c50-45-35-24-41-37(22-31(35)26-47(45)16-6-7-17-47)39-20-30(43-33-13-5-4-12-29(33)14-15-34(43)28-10-2-1-3-11-28)21-40-38-23-32-27-48(18-8-9-19-48)46(51)36(32)25-42(38)49(41)44(39)40/h1-5,10-15,20-25H,6-9,16-19,26-27H2. The summed E-state index contributed by atoms with van der Waals surface area (Å²) in [5, 5.41) is 7.33. The van der Waals surface area contributed by atoms with Gasteiger partial charge >= 0.3 is 0 Å². The first-order chi connectivity index (χ1) is 25.0. The number of carbonyl (C=O) groups excluding carboxylic acids is 2. The van der Waals surface area contributed by atoms with Crippen LogP contribution in [0.3, 0.4) is 0 Å². The topological polar surface area (TPSA) is 38.5 Å². The molecule has 4 aliphatic rings. The largest absolute Gasteiger partial charge is 0.308 e. The SMILES string of the molecule is O=C1c2cc3c(cc2CC12CCCC2)c1cc(-c2c(-c4ccccc4)ccc4ccccc24)cc2c4cc5c(cc4n3c12)C(=O)C1(CCCC1)C5. The summed E-state index contributed by atoms with van der Waals surface area (Å²) in [6, 6.07) is 38.0. The molecule has 2 fully saturated rings. The van der Waals surface area contributed by atoms with Gasteiger partial charge < -0.3 is 4.40 Å². The molecule has 8 aromatic rings. The minimum atomic E-state index is -0.216. The molecule has 0 bridgehead atoms. The monoisotopic (exact) mass is 659 g/mol. The van der Waals surface area contributed by atoms with Crippen LogP contribution in [0.2, 0.25) is 0 Å². The number of rotatable bonds is 2. The highest BCUT2D eigenvalue weighted by Gasteiger charge is 2.48. The summed E-state index contributed by atoms with van der Waals surface area (Å²) >= 11 is 0. The molecular formula is C48H37NO2. The Labute approximate surface area is 296 Å². The predicted molar refractivity (Wildman–Crippen MR) is 207 cm³/mol. The highest BCUT2D eigenvalue weighted by molar-refractivity contribution is 6.27. The zero-order chi connectivity index (χ0) is 33.6. The molecule has 4 aliphatic carbocycles. The second-order valence-electron chi connectivity index (χ2n) is 16.4. The summed E-state index contributed by atoms with van der Waals surface area (Å²) < 4.78 is 2.40. The number of nitrogens with zero attached hydrogens (tertiary/aromatic N) is 1. The maximum Gasteiger partial charge on any atom is 0.169 e. The molecule has 2 heterocycles. The van der Waals surface area contributed by atoms with Gasteiger partial charge in [0.2, 0.25) is 0 Å². The fourth-order valence-electron chi connectivity index (χ4n) is 11.4. The fraction of sp³-hybridized carbons (Fsp3) is 0.250. The van der Waals surface area contributed by atoms with E-state index in [0.29, 0.717) is 11.6 Å². The molecule has 12 rings (SSSR count). The first-order valence-corrected chi connectivity index (χ1v) is 19.0. The lowest BCUT2D eigenvalue weighted by molar-refractivity contribution is 0.0821. The second-order valence-corrected chi connectivity index (χ2v) is 16.4. The number of benzene rings is 6. The van der Waals surface area contributed by atoms with Gasteiger partial charge in [-0.05, 0) is 119 Å². The van der Waals surface area contributed by atoms with E-state index in [-0.39, 0.29) is 10.8 Å². The lowest BCUT2D eigenvalue weighted by Crippen LogP contribution is -2.23. The molecule has 0 aliphatic heterocycles. The molecule has 0 atom stereocenters. The van der Waals surface area contributed by atoms with Crippen molar-refractivity contribution in [1.29, 1.82) is 0 Å². The van der Waals surface area contributed by atoms with Crippen LogP contribution >= 0.6 is 0 Å². The molecule has 51 heavy (non-hydrogen) atoms. The fourth-order valence-corrected chi connectivity index (χ4v) is 11.4. The number of Topliss-reactive ketones (excluding diaryl/α,β-unsaturated/α-hetero) is 2. The van der Waals surface area contributed by atoms with Crippen molar-refractivity contribution < 1.29 is 9.59 Å². The number of aromatic nitrogens is 1. The average molecular weight is 660 g/mol. The Kier molecular flexibility index (Phi) is 5.42. The van der Waals surface area contributed by atoms with Crippen molar-refractivity contribution in [3.05, 3.63) is 125 Å². The molecule has 2 spiro atoms. The lowest BCUT2D eigenvalue weighted by Gasteiger charge is -2.19. The molecule has 2 aromatic heterocycles. The van der Waals surface area contributed by atoms with E-state index < -0.39 is 0 Å². The number of hydrogen-bond acceptors (Lipinski definition) is 2. The maximum absolute atomic E-state index is 14.2. The van der Waals surface area contributed by atoms with Gasteiger partial charge in [0.15, 0.2) is 11.6 Å². The highest BCUT2D eigenvalue weighted by atomic mass is 16.1. The summed E-state index contributed by atoms with van der Waals surface area (Å²) in [6.45, 7) is 0. The van der Waals surface area contributed by atoms with Crippen molar-refractivity contribution in [3.8, 4) is 22.3 Å². The van der Waals surface area contributed by atoms with Crippen molar-refractivity contribution in [3.63, 3.8) is 0 Å². The highest BCUT2D eigenvalue weighted by Crippen LogP contribution is 2.53. The van der Waals surface area contributed by atoms with Crippen LogP contribution in [0.5, 0.6) is 0 Å². The predicted octanol–water partition coefficient (Wildman–Crippen LogP) is 11.9. The Hall–Kier alpha value is -5.28. The molecule has 6 aromatic carbocycles. The molecule has 2 saturated carbocycles. The van der Waals surface area contributed by atoms with Gasteiger partial charge in [0, 0.05) is 43.5 Å². The molecule has 246 valence electrons. The van der Waals surface area contributed by atoms with Gasteiger partial charge in [-0.1, -0.05) is 92.4 Å². The molecule has 0 unspecified atom stereocenters. The number of ketones is 2. The number of hydrogen-bond donors (Lipinski definition) is 0. The van der Waals surface area contributed by atoms with Crippen molar-refractivity contribution in [2.75, 3.05) is 0 Å². The third kappa shape index (κ3) is 3.59. The Morgan fingerprint density at radius 1 is 0.471 bits per heavy atom. The van der Waals surface area contributed by atoms with Gasteiger partial charge in [-0.15, -0.1) is 0 Å². The molecule has 0 N–H and O–H groups in total. The average Bonchev–Trinajstić information content (AvgIpc) is 4.02. The minimum absolute atomic E-state index is 0.216. The summed E-state index contributed by atoms with van der Waals surface area (Å²) in [5.74, 6) is 0.703. The van der Waals surface area contributed by atoms with E-state index in [2.05, 4.69) is 108 Å². The zero-order valence-electron chi connectivity index (χ0n) is 28.6. The van der Waals surface area contributed by atoms with E-state index in [1.54, 1.807) is 0 Å². The smallest absolute Gasteiger partial charge is 0.169 e. The van der Waals surface area contributed by atoms with Crippen LogP contribution in [0, 0.1) is 10.8 Å². The van der Waals surface area contributed by atoms with Gasteiger partial charge in [-0.2, -0.15) is 0 Å². The molecule has 0 saturated heterocycles. The van der Waals surface area contributed by atoms with Crippen molar-refractivity contribution >= 4 is 60.4 Å². The van der Waals surface area contributed by atoms with Crippen molar-refractivity contribution in [1.82, 2.24) is 4.40 Å². The summed E-state index contributed by atoms with van der Waals surface area (Å²) in [5.41, 5.74) is 12.1. The van der Waals surface area contributed by atoms with E-state index in [1.165, 1.54) is 71.2 Å². The summed E-state index contributed by atoms with van der Waals surface area (Å²) in [7, 11) is 0. The first-order valence-electron chi connectivity index (χ1n) is 19.0. The quantitative estimate of drug-likeness (QED) is 0.185. The zero-order valence-corrected chi connectivity index (χ0v) is 28.6. The summed E-state index contributed by atoms with van der Waals surface area (Å²) in [6.07, 6.45) is 10.3. The van der Waals surface area contributed by atoms with E-state index in [9.17, 15) is 9.59 Å². The Morgan fingerprint density at radius 2 is 1.02 bits per heavy atom. The Balaban J connectivity index is 1.21. The molecule has 0 amide bonds. The van der Waals surface area contributed by atoms with Gasteiger partial charge in [0.25, 0.3) is 0 Å². The number of carbonyl (C=O) groups is 2.